The molecule has 1 aliphatic heterocycles. The number of carbonyl (C=O) groups excluding carboxylic acids is 1. The maximum Gasteiger partial charge on any atom is 0.235 e. The fourth-order valence-corrected chi connectivity index (χ4v) is 4.71. The fraction of sp³-hybridized carbons (Fsp3) is 0.391. The van der Waals surface area contributed by atoms with Gasteiger partial charge in [0.1, 0.15) is 23.7 Å². The number of nitrogens with one attached hydrogen (secondary N) is 1. The molecule has 0 atom stereocenters. The Bertz CT molecular complexity index is 1070. The summed E-state index contributed by atoms with van der Waals surface area (Å²) in [7, 11) is -3.63. The molecule has 8 nitrogen and oxygen atoms in total. The lowest BCUT2D eigenvalue weighted by Gasteiger charge is -2.24. The molecule has 3 rings (SSSR count). The summed E-state index contributed by atoms with van der Waals surface area (Å²) in [5.74, 6) is -0.995. The Morgan fingerprint density at radius 3 is 2.50 bits per heavy atom. The molecular weight excluding hydrogens is 432 g/mol. The third kappa shape index (κ3) is 6.79. The van der Waals surface area contributed by atoms with Gasteiger partial charge in [-0.05, 0) is 28.8 Å². The first-order valence-corrected chi connectivity index (χ1v) is 12.2. The normalized spacial score (nSPS) is 14.5. The maximum absolute atomic E-state index is 12.3. The predicted molar refractivity (Wildman–Crippen MR) is 119 cm³/mol. The number of ether oxygens (including phenoxy) is 2. The topological polar surface area (TPSA) is 126 Å². The highest BCUT2D eigenvalue weighted by Crippen LogP contribution is 2.29. The van der Waals surface area contributed by atoms with Crippen molar-refractivity contribution in [3.8, 4) is 22.9 Å². The van der Waals surface area contributed by atoms with Crippen molar-refractivity contribution in [1.82, 2.24) is 5.32 Å². The van der Waals surface area contributed by atoms with Crippen LogP contribution in [0.2, 0.25) is 0 Å². The van der Waals surface area contributed by atoms with E-state index >= 15 is 0 Å². The first-order chi connectivity index (χ1) is 15.4. The molecular formula is C23H26N2O6S. The number of sulfone groups is 1. The number of aliphatic hydroxyl groups excluding tert-OH is 1. The van der Waals surface area contributed by atoms with Gasteiger partial charge in [0.15, 0.2) is 9.84 Å². The van der Waals surface area contributed by atoms with Crippen LogP contribution in [0.25, 0.3) is 11.1 Å². The summed E-state index contributed by atoms with van der Waals surface area (Å²) in [6.07, 6.45) is 1.56. The molecule has 0 bridgehead atoms. The summed E-state index contributed by atoms with van der Waals surface area (Å²) < 4.78 is 35.9. The lowest BCUT2D eigenvalue weighted by Crippen LogP contribution is -2.32. The maximum atomic E-state index is 12.3. The van der Waals surface area contributed by atoms with Gasteiger partial charge in [-0.1, -0.05) is 30.3 Å². The van der Waals surface area contributed by atoms with Gasteiger partial charge in [-0.3, -0.25) is 4.79 Å². The van der Waals surface area contributed by atoms with Gasteiger partial charge in [0.25, 0.3) is 0 Å². The highest BCUT2D eigenvalue weighted by Gasteiger charge is 2.19. The molecule has 0 aliphatic carbocycles. The molecule has 1 aliphatic rings. The van der Waals surface area contributed by atoms with E-state index in [1.54, 1.807) is 30.3 Å². The van der Waals surface area contributed by atoms with E-state index in [1.807, 2.05) is 12.1 Å². The van der Waals surface area contributed by atoms with Crippen molar-refractivity contribution in [1.29, 1.82) is 5.26 Å². The second-order valence-electron chi connectivity index (χ2n) is 7.56. The van der Waals surface area contributed by atoms with Gasteiger partial charge in [0.05, 0.1) is 31.1 Å². The smallest absolute Gasteiger partial charge is 0.235 e. The summed E-state index contributed by atoms with van der Waals surface area (Å²) in [5.41, 5.74) is 2.73. The quantitative estimate of drug-likeness (QED) is 0.587. The predicted octanol–water partition coefficient (Wildman–Crippen LogP) is 1.81. The van der Waals surface area contributed by atoms with E-state index in [0.717, 1.165) is 24.0 Å². The molecule has 2 aromatic carbocycles. The van der Waals surface area contributed by atoms with E-state index in [-0.39, 0.29) is 25.0 Å². The second-order valence-corrected chi connectivity index (χ2v) is 9.62. The van der Waals surface area contributed by atoms with Crippen LogP contribution in [0, 0.1) is 11.3 Å². The van der Waals surface area contributed by atoms with Crippen LogP contribution in [-0.2, 0) is 25.1 Å². The number of amides is 1. The number of nitrogens with zero attached hydrogens (tertiary/aromatic N) is 1. The largest absolute Gasteiger partial charge is 0.489 e. The van der Waals surface area contributed by atoms with Crippen LogP contribution < -0.4 is 10.1 Å². The van der Waals surface area contributed by atoms with Crippen LogP contribution in [0.15, 0.2) is 42.5 Å². The molecule has 0 saturated carbocycles. The average Bonchev–Trinajstić information content (AvgIpc) is 2.78. The second kappa shape index (κ2) is 11.1. The molecule has 2 N–H and O–H groups in total. The average molecular weight is 459 g/mol. The molecule has 1 amide bonds. The molecule has 0 unspecified atom stereocenters. The Morgan fingerprint density at radius 1 is 1.16 bits per heavy atom. The van der Waals surface area contributed by atoms with Crippen molar-refractivity contribution in [2.24, 2.45) is 0 Å². The van der Waals surface area contributed by atoms with Gasteiger partial charge >= 0.3 is 0 Å². The molecule has 2 aromatic rings. The van der Waals surface area contributed by atoms with Gasteiger partial charge < -0.3 is 19.9 Å². The summed E-state index contributed by atoms with van der Waals surface area (Å²) in [5, 5.41) is 20.5. The van der Waals surface area contributed by atoms with Crippen LogP contribution >= 0.6 is 0 Å². The Morgan fingerprint density at radius 2 is 1.84 bits per heavy atom. The van der Waals surface area contributed by atoms with Gasteiger partial charge in [-0.25, -0.2) is 8.42 Å². The number of carbonyl (C=O) groups is 1. The molecule has 0 aromatic heterocycles. The Hall–Kier alpha value is -2.93. The summed E-state index contributed by atoms with van der Waals surface area (Å²) in [6.45, 7) is 1.05. The molecule has 1 fully saturated rings. The minimum atomic E-state index is -3.63. The minimum Gasteiger partial charge on any atom is -0.489 e. The van der Waals surface area contributed by atoms with Crippen molar-refractivity contribution in [2.45, 2.75) is 24.7 Å². The number of benzene rings is 2. The van der Waals surface area contributed by atoms with Crippen molar-refractivity contribution < 1.29 is 27.8 Å². The first-order valence-electron chi connectivity index (χ1n) is 10.4. The van der Waals surface area contributed by atoms with Crippen LogP contribution in [-0.4, -0.2) is 57.7 Å². The number of nitriles is 1. The highest BCUT2D eigenvalue weighted by atomic mass is 32.2. The van der Waals surface area contributed by atoms with E-state index in [0.29, 0.717) is 30.1 Å². The molecule has 1 heterocycles. The SMILES string of the molecule is N#Cc1ccc(-c2ccc(CS(=O)(=O)CC(=O)NCCO)cc2)cc1OC1CCOCC1. The highest BCUT2D eigenvalue weighted by molar-refractivity contribution is 7.91. The summed E-state index contributed by atoms with van der Waals surface area (Å²) >= 11 is 0. The zero-order chi connectivity index (χ0) is 23.0. The zero-order valence-electron chi connectivity index (χ0n) is 17.6. The van der Waals surface area contributed by atoms with Crippen LogP contribution in [0.5, 0.6) is 5.75 Å². The van der Waals surface area contributed by atoms with Crippen molar-refractivity contribution >= 4 is 15.7 Å². The molecule has 32 heavy (non-hydrogen) atoms. The summed E-state index contributed by atoms with van der Waals surface area (Å²) in [4.78, 5) is 11.6. The van der Waals surface area contributed by atoms with Crippen LogP contribution in [0.1, 0.15) is 24.0 Å². The van der Waals surface area contributed by atoms with E-state index in [2.05, 4.69) is 11.4 Å². The number of hydrogen-bond donors (Lipinski definition) is 2. The van der Waals surface area contributed by atoms with Gasteiger partial charge in [0.2, 0.25) is 5.91 Å². The number of hydrogen-bond acceptors (Lipinski definition) is 7. The summed E-state index contributed by atoms with van der Waals surface area (Å²) in [6, 6.07) is 14.5. The van der Waals surface area contributed by atoms with E-state index in [1.165, 1.54) is 0 Å². The standard InChI is InChI=1S/C23H26N2O6S/c24-14-20-6-5-19(13-22(20)31-21-7-11-30-12-8-21)18-3-1-17(2-4-18)15-32(28,29)16-23(27)25-9-10-26/h1-6,13,21,26H,7-12,15-16H2,(H,25,27). The lowest BCUT2D eigenvalue weighted by atomic mass is 10.0. The molecule has 9 heteroatoms. The number of rotatable bonds is 9. The van der Waals surface area contributed by atoms with E-state index in [4.69, 9.17) is 14.6 Å². The number of aliphatic hydroxyl groups is 1. The third-order valence-corrected chi connectivity index (χ3v) is 6.50. The minimum absolute atomic E-state index is 0.00765. The van der Waals surface area contributed by atoms with Gasteiger partial charge in [-0.15, -0.1) is 0 Å². The Balaban J connectivity index is 1.70. The third-order valence-electron chi connectivity index (χ3n) is 5.02. The van der Waals surface area contributed by atoms with Crippen molar-refractivity contribution in [3.63, 3.8) is 0 Å². The van der Waals surface area contributed by atoms with Gasteiger partial charge in [0, 0.05) is 19.4 Å². The van der Waals surface area contributed by atoms with Crippen LogP contribution in [0.3, 0.4) is 0 Å². The van der Waals surface area contributed by atoms with E-state index < -0.39 is 21.5 Å². The van der Waals surface area contributed by atoms with Gasteiger partial charge in [-0.2, -0.15) is 5.26 Å². The Labute approximate surface area is 187 Å². The zero-order valence-corrected chi connectivity index (χ0v) is 18.4. The van der Waals surface area contributed by atoms with E-state index in [9.17, 15) is 18.5 Å². The molecule has 170 valence electrons. The van der Waals surface area contributed by atoms with Crippen LogP contribution in [0.4, 0.5) is 0 Å². The fourth-order valence-electron chi connectivity index (χ4n) is 3.41. The molecule has 0 spiro atoms. The molecule has 0 radical (unpaired) electrons. The van der Waals surface area contributed by atoms with Crippen molar-refractivity contribution in [2.75, 3.05) is 32.1 Å². The van der Waals surface area contributed by atoms with Crippen molar-refractivity contribution in [3.05, 3.63) is 53.6 Å². The first kappa shape index (κ1) is 23.7. The lowest BCUT2D eigenvalue weighted by molar-refractivity contribution is -0.118. The molecule has 1 saturated heterocycles. The monoisotopic (exact) mass is 458 g/mol. The Kier molecular flexibility index (Phi) is 8.22.